The Labute approximate surface area is 206 Å². The summed E-state index contributed by atoms with van der Waals surface area (Å²) in [7, 11) is 4.67. The monoisotopic (exact) mass is 495 g/mol. The molecule has 4 heterocycles. The van der Waals surface area contributed by atoms with Gasteiger partial charge in [-0.2, -0.15) is 9.97 Å². The summed E-state index contributed by atoms with van der Waals surface area (Å²) in [5, 5.41) is 8.64. The van der Waals surface area contributed by atoms with Gasteiger partial charge in [-0.1, -0.05) is 6.07 Å². The van der Waals surface area contributed by atoms with E-state index in [1.807, 2.05) is 32.0 Å². The number of methoxy groups -OCH3 is 3. The third-order valence-electron chi connectivity index (χ3n) is 4.99. The molecular weight excluding hydrogens is 470 g/mol. The van der Waals surface area contributed by atoms with E-state index in [9.17, 15) is 0 Å². The van der Waals surface area contributed by atoms with Crippen LogP contribution in [0.15, 0.2) is 43.1 Å². The number of nitrogens with one attached hydrogen (secondary N) is 1. The molecular formula is C22H25N9O3S. The second-order valence-electron chi connectivity index (χ2n) is 7.34. The minimum absolute atomic E-state index is 0.0954. The highest BCUT2D eigenvalue weighted by molar-refractivity contribution is 8.01. The van der Waals surface area contributed by atoms with Crippen molar-refractivity contribution in [2.24, 2.45) is 0 Å². The number of nitrogens with zero attached hydrogens (tertiary/aromatic N) is 8. The van der Waals surface area contributed by atoms with E-state index in [1.54, 1.807) is 30.3 Å². The Bertz CT molecular complexity index is 1230. The molecule has 4 rings (SSSR count). The van der Waals surface area contributed by atoms with Gasteiger partial charge in [0, 0.05) is 25.7 Å². The van der Waals surface area contributed by atoms with E-state index in [1.165, 1.54) is 32.5 Å². The van der Waals surface area contributed by atoms with Crippen molar-refractivity contribution in [3.8, 4) is 29.0 Å². The second-order valence-corrected chi connectivity index (χ2v) is 8.52. The molecule has 35 heavy (non-hydrogen) atoms. The number of ether oxygens (including phenoxy) is 3. The van der Waals surface area contributed by atoms with Crippen LogP contribution in [0.5, 0.6) is 11.8 Å². The molecule has 1 N–H and O–H groups in total. The van der Waals surface area contributed by atoms with Crippen molar-refractivity contribution in [1.82, 2.24) is 39.7 Å². The molecule has 0 aromatic carbocycles. The van der Waals surface area contributed by atoms with Crippen molar-refractivity contribution in [3.63, 3.8) is 0 Å². The number of hydrogen-bond donors (Lipinski definition) is 1. The Morgan fingerprint density at radius 1 is 0.943 bits per heavy atom. The van der Waals surface area contributed by atoms with Gasteiger partial charge < -0.3 is 14.2 Å². The zero-order chi connectivity index (χ0) is 24.8. The number of aromatic nitrogens is 8. The molecule has 0 aliphatic carbocycles. The SMILES string of the molecule is COc1ncnc(OC)c1-n1c(NSC(C)C(OC)c2ncc(C)cn2)nnc1-c1ccccn1. The molecule has 182 valence electrons. The van der Waals surface area contributed by atoms with Gasteiger partial charge >= 0.3 is 0 Å². The fourth-order valence-electron chi connectivity index (χ4n) is 3.32. The molecule has 0 aliphatic rings. The van der Waals surface area contributed by atoms with Crippen molar-refractivity contribution in [3.05, 3.63) is 54.5 Å². The summed E-state index contributed by atoms with van der Waals surface area (Å²) in [4.78, 5) is 21.7. The largest absolute Gasteiger partial charge is 0.479 e. The van der Waals surface area contributed by atoms with Gasteiger partial charge in [-0.25, -0.2) is 14.5 Å². The fraction of sp³-hybridized carbons (Fsp3) is 0.318. The lowest BCUT2D eigenvalue weighted by molar-refractivity contribution is 0.0972. The molecule has 0 bridgehead atoms. The smallest absolute Gasteiger partial charge is 0.245 e. The van der Waals surface area contributed by atoms with Gasteiger partial charge in [-0.15, -0.1) is 10.2 Å². The Hall–Kier alpha value is -3.84. The first kappa shape index (κ1) is 24.3. The van der Waals surface area contributed by atoms with Crippen LogP contribution in [0.2, 0.25) is 0 Å². The zero-order valence-corrected chi connectivity index (χ0v) is 20.7. The van der Waals surface area contributed by atoms with Crippen LogP contribution in [0.4, 0.5) is 5.95 Å². The molecule has 0 radical (unpaired) electrons. The highest BCUT2D eigenvalue weighted by atomic mass is 32.2. The summed E-state index contributed by atoms with van der Waals surface area (Å²) >= 11 is 1.38. The molecule has 2 unspecified atom stereocenters. The Morgan fingerprint density at radius 3 is 2.26 bits per heavy atom. The quantitative estimate of drug-likeness (QED) is 0.324. The van der Waals surface area contributed by atoms with Gasteiger partial charge in [0.1, 0.15) is 18.1 Å². The molecule has 0 aliphatic heterocycles. The topological polar surface area (TPSA) is 135 Å². The maximum atomic E-state index is 5.69. The molecule has 0 saturated heterocycles. The average molecular weight is 496 g/mol. The van der Waals surface area contributed by atoms with Crippen LogP contribution in [-0.2, 0) is 4.74 Å². The van der Waals surface area contributed by atoms with Gasteiger partial charge in [0.15, 0.2) is 17.3 Å². The summed E-state index contributed by atoms with van der Waals surface area (Å²) in [6.07, 6.45) is 6.22. The predicted octanol–water partition coefficient (Wildman–Crippen LogP) is 3.07. The van der Waals surface area contributed by atoms with Gasteiger partial charge in [0.2, 0.25) is 17.7 Å². The summed E-state index contributed by atoms with van der Waals surface area (Å²) in [6, 6.07) is 5.52. The van der Waals surface area contributed by atoms with Crippen molar-refractivity contribution in [1.29, 1.82) is 0 Å². The van der Waals surface area contributed by atoms with Crippen LogP contribution in [0.3, 0.4) is 0 Å². The molecule has 0 spiro atoms. The lowest BCUT2D eigenvalue weighted by Gasteiger charge is -2.21. The van der Waals surface area contributed by atoms with Crippen molar-refractivity contribution in [2.45, 2.75) is 25.2 Å². The van der Waals surface area contributed by atoms with E-state index in [2.05, 4.69) is 39.8 Å². The maximum absolute atomic E-state index is 5.69. The third-order valence-corrected chi connectivity index (χ3v) is 5.91. The fourth-order valence-corrected chi connectivity index (χ4v) is 4.10. The van der Waals surface area contributed by atoms with Crippen molar-refractivity contribution in [2.75, 3.05) is 26.1 Å². The first-order valence-corrected chi connectivity index (χ1v) is 11.5. The maximum Gasteiger partial charge on any atom is 0.245 e. The van der Waals surface area contributed by atoms with Crippen LogP contribution in [-0.4, -0.2) is 66.3 Å². The van der Waals surface area contributed by atoms with E-state index in [0.717, 1.165) is 5.56 Å². The molecule has 0 saturated carbocycles. The molecule has 13 heteroatoms. The van der Waals surface area contributed by atoms with Crippen LogP contribution >= 0.6 is 11.9 Å². The van der Waals surface area contributed by atoms with Gasteiger partial charge in [-0.05, 0) is 43.5 Å². The zero-order valence-electron chi connectivity index (χ0n) is 19.9. The van der Waals surface area contributed by atoms with E-state index < -0.39 is 0 Å². The molecule has 4 aromatic rings. The molecule has 12 nitrogen and oxygen atoms in total. The van der Waals surface area contributed by atoms with Crippen molar-refractivity contribution >= 4 is 17.9 Å². The first-order chi connectivity index (χ1) is 17.1. The number of aryl methyl sites for hydroxylation is 1. The Balaban J connectivity index is 1.71. The van der Waals surface area contributed by atoms with Crippen LogP contribution in [0, 0.1) is 6.92 Å². The average Bonchev–Trinajstić information content (AvgIpc) is 3.32. The third kappa shape index (κ3) is 5.15. The van der Waals surface area contributed by atoms with Crippen molar-refractivity contribution < 1.29 is 14.2 Å². The minimum Gasteiger partial charge on any atom is -0.479 e. The highest BCUT2D eigenvalue weighted by Gasteiger charge is 2.27. The summed E-state index contributed by atoms with van der Waals surface area (Å²) in [5.74, 6) is 2.03. The molecule has 2 atom stereocenters. The van der Waals surface area contributed by atoms with E-state index in [-0.39, 0.29) is 23.1 Å². The standard InChI is InChI=1S/C22H25N9O3S/c1-13-10-24-18(25-11-13)17(32-3)14(2)35-30-22-29-28-19(15-8-6-7-9-23-15)31(22)16-20(33-4)26-12-27-21(16)34-5/h6-12,14,17H,1-5H3,(H,29,30). The van der Waals surface area contributed by atoms with Crippen LogP contribution in [0.25, 0.3) is 17.2 Å². The lowest BCUT2D eigenvalue weighted by Crippen LogP contribution is -2.19. The lowest BCUT2D eigenvalue weighted by atomic mass is 10.2. The number of anilines is 1. The summed E-state index contributed by atoms with van der Waals surface area (Å²) in [6.45, 7) is 3.94. The molecule has 0 amide bonds. The Kier molecular flexibility index (Phi) is 7.67. The summed E-state index contributed by atoms with van der Waals surface area (Å²) < 4.78 is 21.7. The summed E-state index contributed by atoms with van der Waals surface area (Å²) in [5.41, 5.74) is 2.01. The van der Waals surface area contributed by atoms with E-state index >= 15 is 0 Å². The van der Waals surface area contributed by atoms with Gasteiger partial charge in [-0.3, -0.25) is 9.71 Å². The number of rotatable bonds is 10. The van der Waals surface area contributed by atoms with Gasteiger partial charge in [0.05, 0.1) is 19.5 Å². The minimum atomic E-state index is -0.358. The number of hydrogen-bond acceptors (Lipinski definition) is 12. The van der Waals surface area contributed by atoms with Crippen LogP contribution in [0.1, 0.15) is 24.4 Å². The van der Waals surface area contributed by atoms with Gasteiger partial charge in [0.25, 0.3) is 0 Å². The van der Waals surface area contributed by atoms with E-state index in [4.69, 9.17) is 14.2 Å². The second kappa shape index (κ2) is 11.1. The predicted molar refractivity (Wildman–Crippen MR) is 130 cm³/mol. The molecule has 4 aromatic heterocycles. The normalized spacial score (nSPS) is 12.7. The first-order valence-electron chi connectivity index (χ1n) is 10.6. The Morgan fingerprint density at radius 2 is 1.66 bits per heavy atom. The van der Waals surface area contributed by atoms with Crippen LogP contribution < -0.4 is 14.2 Å². The number of pyridine rings is 1. The molecule has 0 fully saturated rings. The van der Waals surface area contributed by atoms with E-state index in [0.29, 0.717) is 29.0 Å². The highest BCUT2D eigenvalue weighted by Crippen LogP contribution is 2.36.